The number of hydrogen-bond acceptors (Lipinski definition) is 10. The SMILES string of the molecule is CCCCC/C=C\C/C=C\CCCCCCCC(=O)O[C@H](COC(=O)CCCCCCC/C=C\CCCCCCCC)CO[C@@H]1O[C@H](CO)[C@H](O)[C@H](O)[C@H]1O. The van der Waals surface area contributed by atoms with Crippen molar-refractivity contribution in [2.75, 3.05) is 19.8 Å². The molecule has 1 fully saturated rings. The van der Waals surface area contributed by atoms with E-state index in [1.807, 2.05) is 0 Å². The predicted molar refractivity (Wildman–Crippen MR) is 219 cm³/mol. The molecule has 0 aromatic heterocycles. The van der Waals surface area contributed by atoms with Crippen LogP contribution in [0.15, 0.2) is 36.5 Å². The summed E-state index contributed by atoms with van der Waals surface area (Å²) in [5.41, 5.74) is 0. The first-order valence-corrected chi connectivity index (χ1v) is 22.1. The largest absolute Gasteiger partial charge is 0.462 e. The van der Waals surface area contributed by atoms with Crippen molar-refractivity contribution in [2.24, 2.45) is 0 Å². The van der Waals surface area contributed by atoms with E-state index in [1.165, 1.54) is 64.2 Å². The molecule has 1 saturated heterocycles. The third kappa shape index (κ3) is 28.0. The molecule has 0 bridgehead atoms. The van der Waals surface area contributed by atoms with E-state index in [1.54, 1.807) is 0 Å². The number of allylic oxidation sites excluding steroid dienone is 6. The molecule has 0 aliphatic carbocycles. The first kappa shape index (κ1) is 50.9. The van der Waals surface area contributed by atoms with Crippen molar-refractivity contribution in [1.82, 2.24) is 0 Å². The van der Waals surface area contributed by atoms with Crippen molar-refractivity contribution in [3.05, 3.63) is 36.5 Å². The van der Waals surface area contributed by atoms with Crippen LogP contribution >= 0.6 is 0 Å². The van der Waals surface area contributed by atoms with Crippen molar-refractivity contribution in [2.45, 2.75) is 218 Å². The molecule has 0 saturated carbocycles. The lowest BCUT2D eigenvalue weighted by Gasteiger charge is -2.39. The fourth-order valence-corrected chi connectivity index (χ4v) is 6.45. The van der Waals surface area contributed by atoms with E-state index in [9.17, 15) is 30.0 Å². The fraction of sp³-hybridized carbons (Fsp3) is 0.822. The standard InChI is InChI=1S/C45H80O10/c1-3-5-7-9-11-13-15-17-19-21-23-25-27-29-31-33-40(47)52-36-38(37-53-45-44(51)43(50)42(49)39(35-46)55-45)54-41(48)34-32-30-28-26-24-22-20-18-16-14-12-10-8-6-4-2/h12,14,17-20,38-39,42-46,49-51H,3-11,13,15-16,21-37H2,1-2H3/b14-12-,19-17-,20-18-/t38-,39-,42+,43+,44-,45-/m1/s1. The zero-order valence-electron chi connectivity index (χ0n) is 34.7. The van der Waals surface area contributed by atoms with Gasteiger partial charge in [0.05, 0.1) is 13.2 Å². The smallest absolute Gasteiger partial charge is 0.306 e. The topological polar surface area (TPSA) is 152 Å². The predicted octanol–water partition coefficient (Wildman–Crippen LogP) is 9.11. The number of esters is 2. The second-order valence-electron chi connectivity index (χ2n) is 15.1. The van der Waals surface area contributed by atoms with E-state index in [-0.39, 0.29) is 32.0 Å². The highest BCUT2D eigenvalue weighted by Gasteiger charge is 2.44. The number of hydrogen-bond donors (Lipinski definition) is 4. The van der Waals surface area contributed by atoms with Gasteiger partial charge in [0, 0.05) is 12.8 Å². The lowest BCUT2D eigenvalue weighted by atomic mass is 9.99. The molecule has 0 aromatic rings. The number of carbonyl (C=O) groups excluding carboxylic acids is 2. The molecule has 0 amide bonds. The molecule has 1 rings (SSSR count). The Labute approximate surface area is 334 Å². The van der Waals surface area contributed by atoms with Crippen LogP contribution in [-0.2, 0) is 28.5 Å². The molecule has 0 spiro atoms. The van der Waals surface area contributed by atoms with Gasteiger partial charge in [0.25, 0.3) is 0 Å². The Morgan fingerprint density at radius 1 is 0.564 bits per heavy atom. The third-order valence-corrected chi connectivity index (χ3v) is 10.00. The van der Waals surface area contributed by atoms with Gasteiger partial charge in [-0.1, -0.05) is 134 Å². The van der Waals surface area contributed by atoms with Gasteiger partial charge in [0.1, 0.15) is 31.0 Å². The Balaban J connectivity index is 2.36. The molecule has 4 N–H and O–H groups in total. The molecule has 1 heterocycles. The van der Waals surface area contributed by atoms with Gasteiger partial charge in [0.15, 0.2) is 12.4 Å². The molecule has 6 atom stereocenters. The lowest BCUT2D eigenvalue weighted by Crippen LogP contribution is -2.59. The number of carbonyl (C=O) groups is 2. The lowest BCUT2D eigenvalue weighted by molar-refractivity contribution is -0.305. The zero-order chi connectivity index (χ0) is 40.2. The minimum Gasteiger partial charge on any atom is -0.462 e. The second-order valence-corrected chi connectivity index (χ2v) is 15.1. The summed E-state index contributed by atoms with van der Waals surface area (Å²) in [6.07, 6.45) is 32.9. The van der Waals surface area contributed by atoms with Crippen LogP contribution in [0.3, 0.4) is 0 Å². The number of unbranched alkanes of at least 4 members (excludes halogenated alkanes) is 19. The van der Waals surface area contributed by atoms with Gasteiger partial charge in [-0.25, -0.2) is 0 Å². The molecule has 0 unspecified atom stereocenters. The summed E-state index contributed by atoms with van der Waals surface area (Å²) in [7, 11) is 0. The van der Waals surface area contributed by atoms with E-state index < -0.39 is 49.4 Å². The Kier molecular flexibility index (Phi) is 33.6. The highest BCUT2D eigenvalue weighted by atomic mass is 16.7. The summed E-state index contributed by atoms with van der Waals surface area (Å²) < 4.78 is 22.1. The van der Waals surface area contributed by atoms with Crippen LogP contribution in [0, 0.1) is 0 Å². The molecule has 320 valence electrons. The number of aliphatic hydroxyl groups is 4. The maximum absolute atomic E-state index is 12.7. The third-order valence-electron chi connectivity index (χ3n) is 10.00. The van der Waals surface area contributed by atoms with Crippen molar-refractivity contribution < 1.29 is 49.0 Å². The van der Waals surface area contributed by atoms with Gasteiger partial charge in [-0.05, 0) is 70.6 Å². The Hall–Kier alpha value is -2.08. The van der Waals surface area contributed by atoms with Gasteiger partial charge in [-0.3, -0.25) is 9.59 Å². The monoisotopic (exact) mass is 781 g/mol. The zero-order valence-corrected chi connectivity index (χ0v) is 34.7. The maximum Gasteiger partial charge on any atom is 0.306 e. The first-order chi connectivity index (χ1) is 26.8. The van der Waals surface area contributed by atoms with Gasteiger partial charge in [-0.2, -0.15) is 0 Å². The van der Waals surface area contributed by atoms with Crippen molar-refractivity contribution in [1.29, 1.82) is 0 Å². The number of ether oxygens (including phenoxy) is 4. The average molecular weight is 781 g/mol. The second kappa shape index (κ2) is 36.3. The van der Waals surface area contributed by atoms with E-state index >= 15 is 0 Å². The molecular weight excluding hydrogens is 700 g/mol. The normalized spacial score (nSPS) is 20.9. The molecule has 0 radical (unpaired) electrons. The summed E-state index contributed by atoms with van der Waals surface area (Å²) in [6.45, 7) is 3.36. The summed E-state index contributed by atoms with van der Waals surface area (Å²) in [5, 5.41) is 40.0. The molecule has 10 heteroatoms. The van der Waals surface area contributed by atoms with Crippen LogP contribution in [0.5, 0.6) is 0 Å². The van der Waals surface area contributed by atoms with Gasteiger partial charge >= 0.3 is 11.9 Å². The minimum atomic E-state index is -1.60. The van der Waals surface area contributed by atoms with Gasteiger partial charge < -0.3 is 39.4 Å². The van der Waals surface area contributed by atoms with E-state index in [0.29, 0.717) is 12.8 Å². The van der Waals surface area contributed by atoms with Gasteiger partial charge in [0.2, 0.25) is 0 Å². The molecule has 1 aliphatic heterocycles. The highest BCUT2D eigenvalue weighted by molar-refractivity contribution is 5.70. The van der Waals surface area contributed by atoms with Crippen LogP contribution in [0.25, 0.3) is 0 Å². The molecular formula is C45H80O10. The highest BCUT2D eigenvalue weighted by Crippen LogP contribution is 2.22. The maximum atomic E-state index is 12.7. The Morgan fingerprint density at radius 3 is 1.56 bits per heavy atom. The van der Waals surface area contributed by atoms with E-state index in [4.69, 9.17) is 18.9 Å². The molecule has 0 aromatic carbocycles. The van der Waals surface area contributed by atoms with Crippen molar-refractivity contribution >= 4 is 11.9 Å². The summed E-state index contributed by atoms with van der Waals surface area (Å²) in [6, 6.07) is 0. The van der Waals surface area contributed by atoms with Crippen LogP contribution < -0.4 is 0 Å². The fourth-order valence-electron chi connectivity index (χ4n) is 6.45. The Morgan fingerprint density at radius 2 is 1.02 bits per heavy atom. The van der Waals surface area contributed by atoms with Gasteiger partial charge in [-0.15, -0.1) is 0 Å². The Bertz CT molecular complexity index is 996. The summed E-state index contributed by atoms with van der Waals surface area (Å²) in [5.74, 6) is -0.832. The van der Waals surface area contributed by atoms with Crippen LogP contribution in [0.2, 0.25) is 0 Å². The van der Waals surface area contributed by atoms with Crippen molar-refractivity contribution in [3.63, 3.8) is 0 Å². The number of rotatable bonds is 36. The minimum absolute atomic E-state index is 0.212. The summed E-state index contributed by atoms with van der Waals surface area (Å²) in [4.78, 5) is 25.3. The van der Waals surface area contributed by atoms with E-state index in [0.717, 1.165) is 77.0 Å². The first-order valence-electron chi connectivity index (χ1n) is 22.1. The molecule has 1 aliphatic rings. The molecule has 10 nitrogen and oxygen atoms in total. The van der Waals surface area contributed by atoms with Crippen LogP contribution in [0.4, 0.5) is 0 Å². The van der Waals surface area contributed by atoms with Crippen molar-refractivity contribution in [3.8, 4) is 0 Å². The van der Waals surface area contributed by atoms with Crippen LogP contribution in [-0.4, -0.2) is 89.0 Å². The van der Waals surface area contributed by atoms with E-state index in [2.05, 4.69) is 50.3 Å². The quantitative estimate of drug-likeness (QED) is 0.0275. The average Bonchev–Trinajstić information content (AvgIpc) is 3.18. The van der Waals surface area contributed by atoms with Crippen LogP contribution in [0.1, 0.15) is 181 Å². The number of aliphatic hydroxyl groups excluding tert-OH is 4. The summed E-state index contributed by atoms with van der Waals surface area (Å²) >= 11 is 0. The molecule has 55 heavy (non-hydrogen) atoms.